The second kappa shape index (κ2) is 10.0. The first-order chi connectivity index (χ1) is 17.6. The third-order valence-corrected chi connectivity index (χ3v) is 7.16. The van der Waals surface area contributed by atoms with Crippen molar-refractivity contribution in [2.24, 2.45) is 11.8 Å². The molecule has 4 heterocycles. The van der Waals surface area contributed by atoms with Crippen LogP contribution in [-0.4, -0.2) is 74.1 Å². The summed E-state index contributed by atoms with van der Waals surface area (Å²) in [4.78, 5) is 21.2. The third-order valence-electron chi connectivity index (χ3n) is 7.16. The lowest BCUT2D eigenvalue weighted by Crippen LogP contribution is -2.36. The van der Waals surface area contributed by atoms with Crippen LogP contribution in [0.25, 0.3) is 16.9 Å². The molecule has 10 heteroatoms. The van der Waals surface area contributed by atoms with Gasteiger partial charge in [0.2, 0.25) is 5.89 Å². The Kier molecular flexibility index (Phi) is 6.95. The lowest BCUT2D eigenvalue weighted by atomic mass is 10.1. The van der Waals surface area contributed by atoms with Crippen LogP contribution in [0.15, 0.2) is 22.7 Å². The molecule has 1 aromatic carbocycles. The van der Waals surface area contributed by atoms with Crippen LogP contribution in [0.3, 0.4) is 0 Å². The molecule has 2 saturated heterocycles. The largest absolute Gasteiger partial charge is 0.444 e. The summed E-state index contributed by atoms with van der Waals surface area (Å²) in [6, 6.07) is 5.00. The molecule has 0 saturated carbocycles. The fourth-order valence-corrected chi connectivity index (χ4v) is 5.47. The highest BCUT2D eigenvalue weighted by molar-refractivity contribution is 5.84. The highest BCUT2D eigenvalue weighted by atomic mass is 19.1. The molecule has 2 aromatic heterocycles. The Morgan fingerprint density at radius 3 is 2.73 bits per heavy atom. The van der Waals surface area contributed by atoms with Crippen LogP contribution in [0.1, 0.15) is 65.0 Å². The normalized spacial score (nSPS) is 21.0. The van der Waals surface area contributed by atoms with Crippen molar-refractivity contribution < 1.29 is 18.4 Å². The summed E-state index contributed by atoms with van der Waals surface area (Å²) >= 11 is 0. The fraction of sp³-hybridized carbons (Fsp3) is 0.630. The van der Waals surface area contributed by atoms with E-state index < -0.39 is 5.60 Å². The van der Waals surface area contributed by atoms with Crippen molar-refractivity contribution in [1.82, 2.24) is 29.7 Å². The molecule has 0 radical (unpaired) electrons. The smallest absolute Gasteiger partial charge is 0.410 e. The highest BCUT2D eigenvalue weighted by Gasteiger charge is 2.33. The van der Waals surface area contributed by atoms with Gasteiger partial charge in [0.15, 0.2) is 0 Å². The molecule has 3 aromatic rings. The summed E-state index contributed by atoms with van der Waals surface area (Å²) in [6.07, 6.45) is 2.51. The number of fused-ring (bicyclic) bond motifs is 1. The van der Waals surface area contributed by atoms with Gasteiger partial charge in [0.1, 0.15) is 16.9 Å². The van der Waals surface area contributed by atoms with Crippen LogP contribution in [0.5, 0.6) is 0 Å². The van der Waals surface area contributed by atoms with Crippen molar-refractivity contribution in [3.63, 3.8) is 0 Å². The molecule has 2 aliphatic rings. The van der Waals surface area contributed by atoms with Gasteiger partial charge in [-0.15, -0.1) is 0 Å². The minimum absolute atomic E-state index is 0.137. The number of aromatic nitrogens is 4. The fourth-order valence-electron chi connectivity index (χ4n) is 5.47. The van der Waals surface area contributed by atoms with Gasteiger partial charge >= 0.3 is 6.09 Å². The molecule has 5 rings (SSSR count). The molecule has 0 N–H and O–H groups in total. The first-order valence-corrected chi connectivity index (χ1v) is 13.3. The third kappa shape index (κ3) is 5.63. The van der Waals surface area contributed by atoms with Crippen molar-refractivity contribution in [2.75, 3.05) is 32.7 Å². The van der Waals surface area contributed by atoms with E-state index in [-0.39, 0.29) is 23.8 Å². The lowest BCUT2D eigenvalue weighted by molar-refractivity contribution is 0.0285. The number of carbonyl (C=O) groups is 1. The first kappa shape index (κ1) is 25.6. The van der Waals surface area contributed by atoms with Gasteiger partial charge in [-0.25, -0.2) is 9.18 Å². The SMILES string of the molecule is CC(C)c1nn(-c2noc(C[C@H]3CCN(C[C@@H]4CCN(C(=O)OC(C)(C)C)C4)C3)n2)c2c(F)cccc12. The Balaban J connectivity index is 1.18. The number of ether oxygens (including phenoxy) is 1. The van der Waals surface area contributed by atoms with Gasteiger partial charge < -0.3 is 19.1 Å². The van der Waals surface area contributed by atoms with E-state index in [9.17, 15) is 9.18 Å². The van der Waals surface area contributed by atoms with Gasteiger partial charge in [0.25, 0.3) is 5.95 Å². The van der Waals surface area contributed by atoms with Gasteiger partial charge in [0, 0.05) is 38.0 Å². The number of hydrogen-bond donors (Lipinski definition) is 0. The van der Waals surface area contributed by atoms with E-state index in [1.807, 2.05) is 45.6 Å². The number of carbonyl (C=O) groups excluding carboxylic acids is 1. The predicted molar refractivity (Wildman–Crippen MR) is 137 cm³/mol. The summed E-state index contributed by atoms with van der Waals surface area (Å²) in [5, 5.41) is 9.52. The van der Waals surface area contributed by atoms with E-state index in [0.29, 0.717) is 29.7 Å². The Labute approximate surface area is 216 Å². The van der Waals surface area contributed by atoms with Crippen molar-refractivity contribution in [3.8, 4) is 5.95 Å². The summed E-state index contributed by atoms with van der Waals surface area (Å²) in [5.74, 6) is 1.46. The molecule has 200 valence electrons. The first-order valence-electron chi connectivity index (χ1n) is 13.3. The average Bonchev–Trinajstić information content (AvgIpc) is 3.59. The number of halogens is 1. The Morgan fingerprint density at radius 1 is 1.19 bits per heavy atom. The molecule has 0 unspecified atom stereocenters. The monoisotopic (exact) mass is 512 g/mol. The van der Waals surface area contributed by atoms with Crippen LogP contribution in [0.2, 0.25) is 0 Å². The summed E-state index contributed by atoms with van der Waals surface area (Å²) in [7, 11) is 0. The molecule has 9 nitrogen and oxygen atoms in total. The number of rotatable bonds is 6. The van der Waals surface area contributed by atoms with Gasteiger partial charge in [0.05, 0.1) is 5.69 Å². The summed E-state index contributed by atoms with van der Waals surface area (Å²) in [6.45, 7) is 14.2. The lowest BCUT2D eigenvalue weighted by Gasteiger charge is -2.25. The molecule has 1 amide bonds. The zero-order valence-electron chi connectivity index (χ0n) is 22.4. The summed E-state index contributed by atoms with van der Waals surface area (Å²) in [5.41, 5.74) is 0.716. The topological polar surface area (TPSA) is 89.5 Å². The number of benzene rings is 1. The van der Waals surface area contributed by atoms with Crippen molar-refractivity contribution >= 4 is 17.0 Å². The molecular formula is C27H37FN6O3. The minimum Gasteiger partial charge on any atom is -0.444 e. The molecule has 0 aliphatic carbocycles. The maximum Gasteiger partial charge on any atom is 0.410 e. The number of likely N-dealkylation sites (tertiary alicyclic amines) is 2. The Bertz CT molecular complexity index is 1260. The van der Waals surface area contributed by atoms with E-state index in [1.54, 1.807) is 6.07 Å². The average molecular weight is 513 g/mol. The van der Waals surface area contributed by atoms with Crippen LogP contribution < -0.4 is 0 Å². The molecular weight excluding hydrogens is 475 g/mol. The standard InChI is InChI=1S/C27H37FN6O3/c1-17(2)23-20-7-6-8-21(28)24(20)34(30-23)25-29-22(37-31-25)13-18-9-11-32(14-18)15-19-10-12-33(16-19)26(35)36-27(3,4)5/h6-8,17-19H,9-16H2,1-5H3/t18-,19+/m1/s1. The van der Waals surface area contributed by atoms with Crippen LogP contribution in [0.4, 0.5) is 9.18 Å². The maximum atomic E-state index is 14.7. The number of para-hydroxylation sites is 1. The van der Waals surface area contributed by atoms with Crippen molar-refractivity contribution in [3.05, 3.63) is 35.6 Å². The van der Waals surface area contributed by atoms with E-state index >= 15 is 0 Å². The maximum absolute atomic E-state index is 14.7. The molecule has 0 bridgehead atoms. The van der Waals surface area contributed by atoms with Gasteiger partial charge in [-0.05, 0) is 69.1 Å². The Hall–Kier alpha value is -3.01. The molecule has 2 fully saturated rings. The molecule has 0 spiro atoms. The zero-order valence-corrected chi connectivity index (χ0v) is 22.4. The molecule has 2 atom stereocenters. The summed E-state index contributed by atoms with van der Waals surface area (Å²) < 4.78 is 27.3. The minimum atomic E-state index is -0.471. The predicted octanol–water partition coefficient (Wildman–Crippen LogP) is 4.79. The second-order valence-corrected chi connectivity index (χ2v) is 11.8. The van der Waals surface area contributed by atoms with Crippen LogP contribution in [0, 0.1) is 17.7 Å². The molecule has 2 aliphatic heterocycles. The molecule has 37 heavy (non-hydrogen) atoms. The zero-order chi connectivity index (χ0) is 26.3. The van der Waals surface area contributed by atoms with E-state index in [4.69, 9.17) is 9.26 Å². The van der Waals surface area contributed by atoms with Crippen molar-refractivity contribution in [1.29, 1.82) is 0 Å². The van der Waals surface area contributed by atoms with Gasteiger partial charge in [-0.1, -0.05) is 26.0 Å². The van der Waals surface area contributed by atoms with Crippen LogP contribution in [-0.2, 0) is 11.2 Å². The van der Waals surface area contributed by atoms with E-state index in [1.165, 1.54) is 10.7 Å². The van der Waals surface area contributed by atoms with Crippen molar-refractivity contribution in [2.45, 2.75) is 65.4 Å². The highest BCUT2D eigenvalue weighted by Crippen LogP contribution is 2.29. The Morgan fingerprint density at radius 2 is 1.97 bits per heavy atom. The van der Waals surface area contributed by atoms with Crippen LogP contribution >= 0.6 is 0 Å². The van der Waals surface area contributed by atoms with Gasteiger partial charge in [-0.3, -0.25) is 0 Å². The number of hydrogen-bond acceptors (Lipinski definition) is 7. The van der Waals surface area contributed by atoms with E-state index in [0.717, 1.165) is 56.6 Å². The number of amides is 1. The van der Waals surface area contributed by atoms with Gasteiger partial charge in [-0.2, -0.15) is 14.8 Å². The second-order valence-electron chi connectivity index (χ2n) is 11.8. The number of nitrogens with zero attached hydrogens (tertiary/aromatic N) is 6. The van der Waals surface area contributed by atoms with E-state index in [2.05, 4.69) is 20.1 Å². The quantitative estimate of drug-likeness (QED) is 0.469.